The average Bonchev–Trinajstić information content (AvgIpc) is 2.82. The third-order valence-corrected chi connectivity index (χ3v) is 5.29. The smallest absolute Gasteiger partial charge is 0.136 e. The normalized spacial score (nSPS) is 50.2. The molecule has 1 saturated heterocycles. The van der Waals surface area contributed by atoms with Gasteiger partial charge < -0.3 is 4.74 Å². The molecule has 1 heterocycles. The Bertz CT molecular complexity index is 334. The van der Waals surface area contributed by atoms with Crippen LogP contribution in [0.3, 0.4) is 0 Å². The number of Topliss-reactive ketones (excluding diaryl/α,β-unsaturated/α-hetero) is 1. The molecule has 0 aromatic rings. The van der Waals surface area contributed by atoms with Crippen LogP contribution in [0.15, 0.2) is 0 Å². The first-order valence-electron chi connectivity index (χ1n) is 6.63. The van der Waals surface area contributed by atoms with Crippen LogP contribution in [-0.2, 0) is 9.53 Å². The minimum absolute atomic E-state index is 0.112. The molecule has 2 saturated carbocycles. The quantitative estimate of drug-likeness (QED) is 0.590. The Balaban J connectivity index is 1.78. The lowest BCUT2D eigenvalue weighted by molar-refractivity contribution is -0.137. The number of hydrogen-bond acceptors (Lipinski definition) is 2. The van der Waals surface area contributed by atoms with Crippen LogP contribution in [0.5, 0.6) is 0 Å². The van der Waals surface area contributed by atoms with E-state index in [2.05, 4.69) is 20.8 Å². The Kier molecular flexibility index (Phi) is 2.08. The molecule has 0 bridgehead atoms. The summed E-state index contributed by atoms with van der Waals surface area (Å²) >= 11 is 0. The first-order chi connectivity index (χ1) is 7.42. The molecule has 0 aromatic heterocycles. The Labute approximate surface area is 97.7 Å². The largest absolute Gasteiger partial charge is 0.366 e. The highest BCUT2D eigenvalue weighted by Crippen LogP contribution is 2.57. The highest BCUT2D eigenvalue weighted by Gasteiger charge is 2.56. The lowest BCUT2D eigenvalue weighted by Gasteiger charge is -2.51. The molecule has 3 aliphatic rings. The molecule has 90 valence electrons. The van der Waals surface area contributed by atoms with E-state index < -0.39 is 0 Å². The predicted octanol–water partition coefficient (Wildman–Crippen LogP) is 2.95. The van der Waals surface area contributed by atoms with Crippen LogP contribution in [0.4, 0.5) is 0 Å². The van der Waals surface area contributed by atoms with E-state index in [1.165, 1.54) is 6.42 Å². The monoisotopic (exact) mass is 222 g/mol. The third-order valence-electron chi connectivity index (χ3n) is 5.29. The molecule has 16 heavy (non-hydrogen) atoms. The summed E-state index contributed by atoms with van der Waals surface area (Å²) in [7, 11) is 0. The fraction of sp³-hybridized carbons (Fsp3) is 0.929. The topological polar surface area (TPSA) is 29.6 Å². The Morgan fingerprint density at radius 3 is 2.69 bits per heavy atom. The Morgan fingerprint density at radius 2 is 2.00 bits per heavy atom. The summed E-state index contributed by atoms with van der Waals surface area (Å²) in [6.45, 7) is 6.84. The summed E-state index contributed by atoms with van der Waals surface area (Å²) in [5.41, 5.74) is 0.492. The second kappa shape index (κ2) is 3.10. The predicted molar refractivity (Wildman–Crippen MR) is 62.1 cm³/mol. The van der Waals surface area contributed by atoms with Crippen molar-refractivity contribution < 1.29 is 9.53 Å². The van der Waals surface area contributed by atoms with Crippen LogP contribution in [0.25, 0.3) is 0 Å². The van der Waals surface area contributed by atoms with Gasteiger partial charge >= 0.3 is 0 Å². The van der Waals surface area contributed by atoms with Crippen molar-refractivity contribution in [3.05, 3.63) is 0 Å². The van der Waals surface area contributed by atoms with Gasteiger partial charge in [-0.05, 0) is 43.9 Å². The second-order valence-electron chi connectivity index (χ2n) is 6.87. The van der Waals surface area contributed by atoms with Gasteiger partial charge in [-0.25, -0.2) is 0 Å². The molecule has 2 heteroatoms. The van der Waals surface area contributed by atoms with E-state index >= 15 is 0 Å². The molecule has 0 aromatic carbocycles. The zero-order valence-corrected chi connectivity index (χ0v) is 10.6. The zero-order valence-electron chi connectivity index (χ0n) is 10.6. The highest BCUT2D eigenvalue weighted by molar-refractivity contribution is 5.82. The van der Waals surface area contributed by atoms with Gasteiger partial charge in [0.1, 0.15) is 5.78 Å². The molecular weight excluding hydrogens is 200 g/mol. The first-order valence-corrected chi connectivity index (χ1v) is 6.63. The molecule has 0 radical (unpaired) electrons. The van der Waals surface area contributed by atoms with E-state index in [1.54, 1.807) is 0 Å². The second-order valence-corrected chi connectivity index (χ2v) is 6.87. The van der Waals surface area contributed by atoms with Crippen molar-refractivity contribution in [2.24, 2.45) is 17.3 Å². The number of ether oxygens (including phenoxy) is 1. The van der Waals surface area contributed by atoms with E-state index in [1.807, 2.05) is 0 Å². The van der Waals surface area contributed by atoms with Gasteiger partial charge in [0.25, 0.3) is 0 Å². The van der Waals surface area contributed by atoms with Gasteiger partial charge in [-0.2, -0.15) is 0 Å². The maximum absolute atomic E-state index is 12.1. The number of carbonyl (C=O) groups is 1. The Hall–Kier alpha value is -0.370. The van der Waals surface area contributed by atoms with Crippen molar-refractivity contribution in [2.45, 2.75) is 64.6 Å². The van der Waals surface area contributed by atoms with Gasteiger partial charge in [-0.15, -0.1) is 0 Å². The fourth-order valence-corrected chi connectivity index (χ4v) is 3.95. The van der Waals surface area contributed by atoms with Crippen LogP contribution in [-0.4, -0.2) is 17.5 Å². The zero-order chi connectivity index (χ0) is 11.6. The van der Waals surface area contributed by atoms with Crippen molar-refractivity contribution in [1.82, 2.24) is 0 Å². The molecule has 0 spiro atoms. The van der Waals surface area contributed by atoms with E-state index in [0.717, 1.165) is 25.7 Å². The van der Waals surface area contributed by atoms with E-state index in [9.17, 15) is 4.79 Å². The maximum atomic E-state index is 12.1. The van der Waals surface area contributed by atoms with Crippen molar-refractivity contribution in [1.29, 1.82) is 0 Å². The van der Waals surface area contributed by atoms with Gasteiger partial charge in [0, 0.05) is 12.3 Å². The molecular formula is C14H22O2. The number of epoxide rings is 1. The van der Waals surface area contributed by atoms with Gasteiger partial charge in [-0.1, -0.05) is 13.8 Å². The molecule has 1 aliphatic heterocycles. The number of hydrogen-bond donors (Lipinski definition) is 0. The lowest BCUT2D eigenvalue weighted by atomic mass is 9.53. The van der Waals surface area contributed by atoms with E-state index in [-0.39, 0.29) is 5.60 Å². The summed E-state index contributed by atoms with van der Waals surface area (Å²) in [4.78, 5) is 12.1. The lowest BCUT2D eigenvalue weighted by Crippen LogP contribution is -2.47. The van der Waals surface area contributed by atoms with E-state index in [4.69, 9.17) is 4.74 Å². The third kappa shape index (κ3) is 1.46. The summed E-state index contributed by atoms with van der Waals surface area (Å²) in [5, 5.41) is 0. The minimum Gasteiger partial charge on any atom is -0.366 e. The Morgan fingerprint density at radius 1 is 1.25 bits per heavy atom. The summed E-state index contributed by atoms with van der Waals surface area (Å²) < 4.78 is 5.75. The minimum atomic E-state index is 0.112. The van der Waals surface area contributed by atoms with Crippen LogP contribution < -0.4 is 0 Å². The number of fused-ring (bicyclic) bond motifs is 2. The maximum Gasteiger partial charge on any atom is 0.136 e. The number of rotatable bonds is 0. The molecule has 3 rings (SSSR count). The number of ketones is 1. The van der Waals surface area contributed by atoms with Gasteiger partial charge in [0.15, 0.2) is 0 Å². The summed E-state index contributed by atoms with van der Waals surface area (Å²) in [6, 6.07) is 0. The van der Waals surface area contributed by atoms with Crippen LogP contribution >= 0.6 is 0 Å². The van der Waals surface area contributed by atoms with Gasteiger partial charge in [0.2, 0.25) is 0 Å². The van der Waals surface area contributed by atoms with Crippen LogP contribution in [0.1, 0.15) is 52.9 Å². The van der Waals surface area contributed by atoms with Gasteiger partial charge in [-0.3, -0.25) is 4.79 Å². The SMILES string of the molecule is CC1(C)C[C@@H]2C(=O)CC[C@H]3O[C@]3(C)CC[C@H]21. The average molecular weight is 222 g/mol. The van der Waals surface area contributed by atoms with Crippen molar-refractivity contribution in [3.8, 4) is 0 Å². The highest BCUT2D eigenvalue weighted by atomic mass is 16.6. The van der Waals surface area contributed by atoms with Crippen LogP contribution in [0.2, 0.25) is 0 Å². The summed E-state index contributed by atoms with van der Waals surface area (Å²) in [5.74, 6) is 1.49. The van der Waals surface area contributed by atoms with Gasteiger partial charge in [0.05, 0.1) is 11.7 Å². The van der Waals surface area contributed by atoms with Crippen molar-refractivity contribution in [3.63, 3.8) is 0 Å². The first kappa shape index (κ1) is 10.8. The molecule has 0 amide bonds. The molecule has 2 nitrogen and oxygen atoms in total. The fourth-order valence-electron chi connectivity index (χ4n) is 3.95. The number of carbonyl (C=O) groups excluding carboxylic acids is 1. The molecule has 4 atom stereocenters. The molecule has 0 N–H and O–H groups in total. The van der Waals surface area contributed by atoms with Crippen LogP contribution in [0, 0.1) is 17.3 Å². The molecule has 2 aliphatic carbocycles. The molecule has 3 fully saturated rings. The van der Waals surface area contributed by atoms with E-state index in [0.29, 0.717) is 29.1 Å². The molecule has 0 unspecified atom stereocenters. The summed E-state index contributed by atoms with van der Waals surface area (Å²) in [6.07, 6.45) is 5.51. The van der Waals surface area contributed by atoms with Crippen molar-refractivity contribution in [2.75, 3.05) is 0 Å². The van der Waals surface area contributed by atoms with Crippen molar-refractivity contribution >= 4 is 5.78 Å². The standard InChI is InChI=1S/C14H22O2/c1-13(2)8-9-10(13)6-7-14(3)12(16-14)5-4-11(9)15/h9-10,12H,4-8H2,1-3H3/t9-,10+,12+,14+/m0/s1.